The summed E-state index contributed by atoms with van der Waals surface area (Å²) < 4.78 is 11.8. The van der Waals surface area contributed by atoms with Crippen molar-refractivity contribution >= 4 is 45.6 Å². The Morgan fingerprint density at radius 2 is 2.03 bits per heavy atom. The van der Waals surface area contributed by atoms with E-state index in [9.17, 15) is 14.7 Å². The van der Waals surface area contributed by atoms with Gasteiger partial charge in [-0.3, -0.25) is 4.79 Å². The smallest absolute Gasteiger partial charge is 0.277 e. The zero-order valence-electron chi connectivity index (χ0n) is 14.7. The fraction of sp³-hybridized carbons (Fsp3) is 0.0500. The van der Waals surface area contributed by atoms with E-state index in [0.717, 1.165) is 4.47 Å². The van der Waals surface area contributed by atoms with Gasteiger partial charge in [-0.2, -0.15) is 5.10 Å². The van der Waals surface area contributed by atoms with Crippen molar-refractivity contribution in [3.8, 4) is 17.1 Å². The van der Waals surface area contributed by atoms with Crippen LogP contribution in [-0.2, 0) is 4.79 Å². The molecule has 0 aliphatic carbocycles. The SMILES string of the molecule is O=C(COc1cccc(Br)c1)N/N=C\c1ccc(-c2cc(C(=O)[O-])ccc2Cl)o1. The Morgan fingerprint density at radius 1 is 1.21 bits per heavy atom. The van der Waals surface area contributed by atoms with Crippen LogP contribution in [0, 0.1) is 0 Å². The van der Waals surface area contributed by atoms with E-state index in [4.69, 9.17) is 20.8 Å². The summed E-state index contributed by atoms with van der Waals surface area (Å²) in [5.41, 5.74) is 2.70. The Bertz CT molecular complexity index is 1080. The maximum atomic E-state index is 11.8. The maximum Gasteiger partial charge on any atom is 0.277 e. The van der Waals surface area contributed by atoms with Gasteiger partial charge in [0, 0.05) is 10.0 Å². The van der Waals surface area contributed by atoms with Crippen LogP contribution < -0.4 is 15.3 Å². The van der Waals surface area contributed by atoms with Crippen molar-refractivity contribution in [2.24, 2.45) is 5.10 Å². The predicted octanol–water partition coefficient (Wildman–Crippen LogP) is 3.26. The van der Waals surface area contributed by atoms with Crippen molar-refractivity contribution in [3.63, 3.8) is 0 Å². The second kappa shape index (κ2) is 9.40. The molecule has 29 heavy (non-hydrogen) atoms. The first-order valence-corrected chi connectivity index (χ1v) is 9.41. The van der Waals surface area contributed by atoms with E-state index >= 15 is 0 Å². The highest BCUT2D eigenvalue weighted by atomic mass is 79.9. The summed E-state index contributed by atoms with van der Waals surface area (Å²) in [6, 6.07) is 14.5. The highest BCUT2D eigenvalue weighted by Gasteiger charge is 2.10. The first-order valence-electron chi connectivity index (χ1n) is 8.24. The zero-order chi connectivity index (χ0) is 20.8. The lowest BCUT2D eigenvalue weighted by Crippen LogP contribution is -2.24. The molecular formula is C20H13BrClN2O5-. The molecule has 1 aromatic heterocycles. The van der Waals surface area contributed by atoms with E-state index < -0.39 is 11.9 Å². The van der Waals surface area contributed by atoms with Crippen molar-refractivity contribution in [1.82, 2.24) is 5.43 Å². The number of carboxylic acids is 1. The van der Waals surface area contributed by atoms with Crippen LogP contribution in [0.5, 0.6) is 5.75 Å². The molecule has 1 amide bonds. The van der Waals surface area contributed by atoms with Gasteiger partial charge in [0.25, 0.3) is 5.91 Å². The Hall–Kier alpha value is -3.10. The Labute approximate surface area is 179 Å². The second-order valence-electron chi connectivity index (χ2n) is 5.72. The van der Waals surface area contributed by atoms with Gasteiger partial charge < -0.3 is 19.1 Å². The number of nitrogens with zero attached hydrogens (tertiary/aromatic N) is 1. The van der Waals surface area contributed by atoms with Gasteiger partial charge in [-0.15, -0.1) is 0 Å². The molecule has 148 valence electrons. The summed E-state index contributed by atoms with van der Waals surface area (Å²) in [7, 11) is 0. The normalized spacial score (nSPS) is 10.8. The molecule has 0 atom stereocenters. The number of benzene rings is 2. The topological polar surface area (TPSA) is 104 Å². The van der Waals surface area contributed by atoms with E-state index in [-0.39, 0.29) is 12.2 Å². The Morgan fingerprint density at radius 3 is 2.79 bits per heavy atom. The molecule has 1 heterocycles. The number of aromatic carboxylic acids is 1. The maximum absolute atomic E-state index is 11.8. The molecule has 0 bridgehead atoms. The standard InChI is InChI=1S/C20H14BrClN2O5/c21-13-2-1-3-14(9-13)28-11-19(25)24-23-10-15-5-7-18(29-15)16-8-12(20(26)27)4-6-17(16)22/h1-10H,11H2,(H,24,25)(H,26,27)/p-1/b23-10-. The van der Waals surface area contributed by atoms with Crippen LogP contribution in [0.1, 0.15) is 16.1 Å². The van der Waals surface area contributed by atoms with Gasteiger partial charge in [0.1, 0.15) is 17.3 Å². The van der Waals surface area contributed by atoms with Crippen LogP contribution in [0.4, 0.5) is 0 Å². The molecule has 0 saturated heterocycles. The van der Waals surface area contributed by atoms with Gasteiger partial charge in [-0.25, -0.2) is 5.43 Å². The fourth-order valence-corrected chi connectivity index (χ4v) is 2.90. The number of hydrogen-bond acceptors (Lipinski definition) is 6. The molecule has 0 spiro atoms. The third kappa shape index (κ3) is 5.69. The van der Waals surface area contributed by atoms with E-state index in [1.165, 1.54) is 24.4 Å². The molecule has 9 heteroatoms. The van der Waals surface area contributed by atoms with Crippen molar-refractivity contribution in [1.29, 1.82) is 0 Å². The monoisotopic (exact) mass is 475 g/mol. The van der Waals surface area contributed by atoms with Crippen molar-refractivity contribution in [2.75, 3.05) is 6.61 Å². The summed E-state index contributed by atoms with van der Waals surface area (Å²) in [5, 5.41) is 15.1. The molecule has 1 N–H and O–H groups in total. The number of hydrogen-bond donors (Lipinski definition) is 1. The molecule has 0 aliphatic rings. The summed E-state index contributed by atoms with van der Waals surface area (Å²) >= 11 is 9.42. The third-order valence-corrected chi connectivity index (χ3v) is 4.46. The highest BCUT2D eigenvalue weighted by Crippen LogP contribution is 2.30. The Kier molecular flexibility index (Phi) is 6.69. The van der Waals surface area contributed by atoms with Crippen molar-refractivity contribution in [2.45, 2.75) is 0 Å². The number of rotatable bonds is 7. The largest absolute Gasteiger partial charge is 0.545 e. The first kappa shape index (κ1) is 20.6. The fourth-order valence-electron chi connectivity index (χ4n) is 2.31. The number of carbonyl (C=O) groups is 2. The van der Waals surface area contributed by atoms with Crippen LogP contribution in [0.25, 0.3) is 11.3 Å². The van der Waals surface area contributed by atoms with Crippen LogP contribution in [0.2, 0.25) is 5.02 Å². The first-order chi connectivity index (χ1) is 13.9. The number of furan rings is 1. The number of hydrazone groups is 1. The molecule has 7 nitrogen and oxygen atoms in total. The molecular weight excluding hydrogens is 464 g/mol. The molecule has 0 fully saturated rings. The van der Waals surface area contributed by atoms with Crippen LogP contribution in [0.15, 0.2) is 68.6 Å². The van der Waals surface area contributed by atoms with Crippen molar-refractivity contribution in [3.05, 3.63) is 75.4 Å². The number of carbonyl (C=O) groups excluding carboxylic acids is 2. The average molecular weight is 477 g/mol. The van der Waals surface area contributed by atoms with E-state index in [0.29, 0.717) is 27.9 Å². The van der Waals surface area contributed by atoms with Gasteiger partial charge >= 0.3 is 0 Å². The number of amides is 1. The van der Waals surface area contributed by atoms with Gasteiger partial charge in [-0.05, 0) is 48.0 Å². The summed E-state index contributed by atoms with van der Waals surface area (Å²) in [6.45, 7) is -0.206. The molecule has 3 rings (SSSR count). The Balaban J connectivity index is 1.58. The van der Waals surface area contributed by atoms with Gasteiger partial charge in [0.15, 0.2) is 6.61 Å². The molecule has 2 aromatic carbocycles. The average Bonchev–Trinajstić information content (AvgIpc) is 3.15. The molecule has 3 aromatic rings. The number of ether oxygens (including phenoxy) is 1. The van der Waals surface area contributed by atoms with Crippen molar-refractivity contribution < 1.29 is 23.8 Å². The molecule has 0 saturated carbocycles. The lowest BCUT2D eigenvalue weighted by atomic mass is 10.1. The third-order valence-electron chi connectivity index (χ3n) is 3.64. The van der Waals surface area contributed by atoms with E-state index in [1.807, 2.05) is 6.07 Å². The van der Waals surface area contributed by atoms with Crippen LogP contribution in [-0.4, -0.2) is 24.7 Å². The minimum absolute atomic E-state index is 0.0197. The lowest BCUT2D eigenvalue weighted by molar-refractivity contribution is -0.255. The van der Waals surface area contributed by atoms with Crippen LogP contribution in [0.3, 0.4) is 0 Å². The molecule has 0 radical (unpaired) electrons. The van der Waals surface area contributed by atoms with Crippen LogP contribution >= 0.6 is 27.5 Å². The lowest BCUT2D eigenvalue weighted by Gasteiger charge is -2.06. The molecule has 0 aliphatic heterocycles. The summed E-state index contributed by atoms with van der Waals surface area (Å²) in [4.78, 5) is 22.8. The van der Waals surface area contributed by atoms with Gasteiger partial charge in [0.2, 0.25) is 0 Å². The van der Waals surface area contributed by atoms with E-state index in [1.54, 1.807) is 30.3 Å². The van der Waals surface area contributed by atoms with Gasteiger partial charge in [0.05, 0.1) is 17.2 Å². The second-order valence-corrected chi connectivity index (χ2v) is 7.05. The molecule has 0 unspecified atom stereocenters. The zero-order valence-corrected chi connectivity index (χ0v) is 17.1. The highest BCUT2D eigenvalue weighted by molar-refractivity contribution is 9.10. The predicted molar refractivity (Wildman–Crippen MR) is 109 cm³/mol. The number of carboxylic acid groups (broad SMARTS) is 1. The van der Waals surface area contributed by atoms with E-state index in [2.05, 4.69) is 26.5 Å². The van der Waals surface area contributed by atoms with Gasteiger partial charge in [-0.1, -0.05) is 39.7 Å². The minimum atomic E-state index is -1.32. The summed E-state index contributed by atoms with van der Waals surface area (Å²) in [6.07, 6.45) is 1.30. The summed E-state index contributed by atoms with van der Waals surface area (Å²) in [5.74, 6) is -0.529. The number of halogens is 2. The minimum Gasteiger partial charge on any atom is -0.545 e. The quantitative estimate of drug-likeness (QED) is 0.416. The number of nitrogens with one attached hydrogen (secondary N) is 1.